The van der Waals surface area contributed by atoms with Crippen LogP contribution in [0.25, 0.3) is 76.0 Å². The Morgan fingerprint density at radius 3 is 1.88 bits per heavy atom. The molecule has 0 aliphatic carbocycles. The van der Waals surface area contributed by atoms with Gasteiger partial charge < -0.3 is 4.57 Å². The number of benzene rings is 6. The SMILES string of the molecule is c1ccc2cc(-c3nc4sc5ccccc5n4c3-c3ccc(-n4c5ccccc5c5ccccc54)cc3)ccc2c1. The van der Waals surface area contributed by atoms with Crippen molar-refractivity contribution >= 4 is 59.1 Å². The van der Waals surface area contributed by atoms with Gasteiger partial charge in [0.2, 0.25) is 0 Å². The molecule has 0 N–H and O–H groups in total. The van der Waals surface area contributed by atoms with Crippen LogP contribution in [-0.2, 0) is 0 Å². The van der Waals surface area contributed by atoms with Crippen LogP contribution in [0.15, 0.2) is 140 Å². The van der Waals surface area contributed by atoms with Crippen LogP contribution in [-0.4, -0.2) is 14.0 Å². The van der Waals surface area contributed by atoms with E-state index in [0.29, 0.717) is 0 Å². The predicted octanol–water partition coefficient (Wildman–Crippen LogP) is 10.1. The molecule has 3 heterocycles. The van der Waals surface area contributed by atoms with Crippen molar-refractivity contribution in [1.82, 2.24) is 14.0 Å². The molecule has 0 aliphatic rings. The van der Waals surface area contributed by atoms with E-state index in [9.17, 15) is 0 Å². The van der Waals surface area contributed by atoms with Gasteiger partial charge >= 0.3 is 0 Å². The highest BCUT2D eigenvalue weighted by atomic mass is 32.1. The van der Waals surface area contributed by atoms with Gasteiger partial charge in [-0.05, 0) is 53.2 Å². The summed E-state index contributed by atoms with van der Waals surface area (Å²) >= 11 is 1.74. The number of hydrogen-bond acceptors (Lipinski definition) is 2. The second kappa shape index (κ2) is 8.65. The second-order valence-corrected chi connectivity index (χ2v) is 11.5. The lowest BCUT2D eigenvalue weighted by molar-refractivity contribution is 1.18. The highest BCUT2D eigenvalue weighted by Crippen LogP contribution is 2.40. The second-order valence-electron chi connectivity index (χ2n) is 10.5. The third-order valence-electron chi connectivity index (χ3n) is 8.16. The number of para-hydroxylation sites is 3. The first kappa shape index (κ1) is 22.6. The molecule has 4 heteroatoms. The molecular weight excluding hydrogens is 518 g/mol. The van der Waals surface area contributed by atoms with Crippen LogP contribution in [0.5, 0.6) is 0 Å². The van der Waals surface area contributed by atoms with Crippen LogP contribution in [0.4, 0.5) is 0 Å². The lowest BCUT2D eigenvalue weighted by Gasteiger charge is -2.11. The molecule has 9 aromatic rings. The van der Waals surface area contributed by atoms with E-state index in [1.165, 1.54) is 42.8 Å². The van der Waals surface area contributed by atoms with Gasteiger partial charge in [0.15, 0.2) is 4.96 Å². The molecule has 0 amide bonds. The number of imidazole rings is 1. The fourth-order valence-corrected chi connectivity index (χ4v) is 7.32. The van der Waals surface area contributed by atoms with Gasteiger partial charge in [-0.25, -0.2) is 4.98 Å². The summed E-state index contributed by atoms with van der Waals surface area (Å²) in [6.45, 7) is 0. The number of thiazole rings is 1. The Labute approximate surface area is 240 Å². The molecular formula is C37H23N3S. The summed E-state index contributed by atoms with van der Waals surface area (Å²) in [5.74, 6) is 0. The topological polar surface area (TPSA) is 22.2 Å². The molecule has 0 atom stereocenters. The highest BCUT2D eigenvalue weighted by Gasteiger charge is 2.20. The van der Waals surface area contributed by atoms with Crippen molar-refractivity contribution in [3.05, 3.63) is 140 Å². The summed E-state index contributed by atoms with van der Waals surface area (Å²) in [6.07, 6.45) is 0. The molecule has 192 valence electrons. The van der Waals surface area contributed by atoms with Crippen molar-refractivity contribution in [3.8, 4) is 28.2 Å². The van der Waals surface area contributed by atoms with E-state index in [-0.39, 0.29) is 0 Å². The first-order valence-electron chi connectivity index (χ1n) is 13.8. The Morgan fingerprint density at radius 1 is 0.512 bits per heavy atom. The third kappa shape index (κ3) is 3.35. The molecule has 9 rings (SSSR count). The molecule has 0 bridgehead atoms. The van der Waals surface area contributed by atoms with Gasteiger partial charge in [0, 0.05) is 27.6 Å². The van der Waals surface area contributed by atoms with Crippen molar-refractivity contribution in [2.45, 2.75) is 0 Å². The highest BCUT2D eigenvalue weighted by molar-refractivity contribution is 7.23. The summed E-state index contributed by atoms with van der Waals surface area (Å²) < 4.78 is 5.94. The Kier molecular flexibility index (Phi) is 4.77. The molecule has 3 nitrogen and oxygen atoms in total. The number of fused-ring (bicyclic) bond motifs is 7. The minimum absolute atomic E-state index is 1.01. The van der Waals surface area contributed by atoms with Gasteiger partial charge in [-0.15, -0.1) is 0 Å². The Hall–Kier alpha value is -5.19. The zero-order chi connectivity index (χ0) is 26.9. The van der Waals surface area contributed by atoms with Gasteiger partial charge in [0.05, 0.1) is 32.6 Å². The average molecular weight is 542 g/mol. The third-order valence-corrected chi connectivity index (χ3v) is 9.18. The Balaban J connectivity index is 1.28. The molecule has 0 unspecified atom stereocenters. The normalized spacial score (nSPS) is 11.9. The van der Waals surface area contributed by atoms with E-state index in [2.05, 4.69) is 148 Å². The molecule has 3 aromatic heterocycles. The summed E-state index contributed by atoms with van der Waals surface area (Å²) in [5, 5.41) is 5.00. The van der Waals surface area contributed by atoms with Crippen molar-refractivity contribution in [2.75, 3.05) is 0 Å². The molecule has 0 saturated heterocycles. The van der Waals surface area contributed by atoms with Crippen LogP contribution >= 0.6 is 11.3 Å². The minimum atomic E-state index is 1.01. The Morgan fingerprint density at radius 2 is 1.12 bits per heavy atom. The van der Waals surface area contributed by atoms with Gasteiger partial charge in [-0.3, -0.25) is 4.40 Å². The Bertz CT molecular complexity index is 2370. The van der Waals surface area contributed by atoms with Gasteiger partial charge in [0.25, 0.3) is 0 Å². The molecule has 0 aliphatic heterocycles. The van der Waals surface area contributed by atoms with Gasteiger partial charge in [0.1, 0.15) is 0 Å². The maximum atomic E-state index is 5.23. The lowest BCUT2D eigenvalue weighted by Crippen LogP contribution is -1.95. The van der Waals surface area contributed by atoms with Gasteiger partial charge in [-0.1, -0.05) is 108 Å². The summed E-state index contributed by atoms with van der Waals surface area (Å²) in [6, 6.07) is 50.1. The van der Waals surface area contributed by atoms with Crippen LogP contribution in [0.1, 0.15) is 0 Å². The quantitative estimate of drug-likeness (QED) is 0.218. The van der Waals surface area contributed by atoms with Crippen molar-refractivity contribution in [3.63, 3.8) is 0 Å². The van der Waals surface area contributed by atoms with E-state index in [0.717, 1.165) is 33.2 Å². The predicted molar refractivity (Wildman–Crippen MR) is 173 cm³/mol. The molecule has 0 saturated carbocycles. The fraction of sp³-hybridized carbons (Fsp3) is 0. The zero-order valence-corrected chi connectivity index (χ0v) is 22.8. The monoisotopic (exact) mass is 541 g/mol. The fourth-order valence-electron chi connectivity index (χ4n) is 6.29. The van der Waals surface area contributed by atoms with E-state index < -0.39 is 0 Å². The minimum Gasteiger partial charge on any atom is -0.309 e. The maximum absolute atomic E-state index is 5.23. The summed E-state index contributed by atoms with van der Waals surface area (Å²) in [4.78, 5) is 6.24. The molecule has 0 spiro atoms. The zero-order valence-electron chi connectivity index (χ0n) is 22.0. The van der Waals surface area contributed by atoms with Crippen molar-refractivity contribution < 1.29 is 0 Å². The van der Waals surface area contributed by atoms with Crippen molar-refractivity contribution in [1.29, 1.82) is 0 Å². The number of rotatable bonds is 3. The van der Waals surface area contributed by atoms with Gasteiger partial charge in [-0.2, -0.15) is 0 Å². The van der Waals surface area contributed by atoms with Crippen molar-refractivity contribution in [2.24, 2.45) is 0 Å². The maximum Gasteiger partial charge on any atom is 0.195 e. The van der Waals surface area contributed by atoms with Crippen LogP contribution in [0.2, 0.25) is 0 Å². The lowest BCUT2D eigenvalue weighted by atomic mass is 10.0. The number of hydrogen-bond donors (Lipinski definition) is 0. The number of nitrogens with zero attached hydrogens (tertiary/aromatic N) is 3. The standard InChI is InChI=1S/C37H23N3S/c1-2-10-26-23-27(18-17-24(26)9-1)35-36(40-33-15-7-8-16-34(33)41-37(40)38-35)25-19-21-28(22-20-25)39-31-13-5-3-11-29(31)30-12-4-6-14-32(30)39/h1-23H. The van der Waals surface area contributed by atoms with Crippen LogP contribution in [0, 0.1) is 0 Å². The first-order chi connectivity index (χ1) is 20.3. The molecule has 0 radical (unpaired) electrons. The smallest absolute Gasteiger partial charge is 0.195 e. The average Bonchev–Trinajstić information content (AvgIpc) is 3.69. The van der Waals surface area contributed by atoms with E-state index >= 15 is 0 Å². The van der Waals surface area contributed by atoms with E-state index in [1.54, 1.807) is 11.3 Å². The number of aromatic nitrogens is 3. The van der Waals surface area contributed by atoms with E-state index in [1.807, 2.05) is 0 Å². The summed E-state index contributed by atoms with van der Waals surface area (Å²) in [7, 11) is 0. The van der Waals surface area contributed by atoms with E-state index in [4.69, 9.17) is 4.98 Å². The first-order valence-corrected chi connectivity index (χ1v) is 14.6. The summed E-state index contributed by atoms with van der Waals surface area (Å²) in [5.41, 5.74) is 9.18. The van der Waals surface area contributed by atoms with Crippen LogP contribution in [0.3, 0.4) is 0 Å². The molecule has 41 heavy (non-hydrogen) atoms. The van der Waals surface area contributed by atoms with Crippen LogP contribution < -0.4 is 0 Å². The molecule has 6 aromatic carbocycles. The molecule has 0 fully saturated rings. The largest absolute Gasteiger partial charge is 0.309 e.